The molecular formula is C21H28LiO2P. The summed E-state index contributed by atoms with van der Waals surface area (Å²) in [5.41, 5.74) is 6.86. The molecule has 0 saturated heterocycles. The summed E-state index contributed by atoms with van der Waals surface area (Å²) in [6, 6.07) is 8.13. The van der Waals surface area contributed by atoms with Gasteiger partial charge >= 0.3 is 18.9 Å². The van der Waals surface area contributed by atoms with Crippen molar-refractivity contribution in [1.29, 1.82) is 0 Å². The molecule has 0 saturated carbocycles. The molecule has 0 aromatic heterocycles. The fraction of sp³-hybridized carbons (Fsp3) is 0.381. The summed E-state index contributed by atoms with van der Waals surface area (Å²) in [4.78, 5) is 12.9. The van der Waals surface area contributed by atoms with E-state index in [1.54, 1.807) is 0 Å². The zero-order valence-electron chi connectivity index (χ0n) is 17.7. The summed E-state index contributed by atoms with van der Waals surface area (Å²) < 4.78 is 5.72. The van der Waals surface area contributed by atoms with Crippen molar-refractivity contribution in [2.75, 3.05) is 0 Å². The Morgan fingerprint density at radius 3 is 2.16 bits per heavy atom. The van der Waals surface area contributed by atoms with Crippen LogP contribution in [0.4, 0.5) is 0 Å². The molecule has 4 heteroatoms. The molecule has 0 N–H and O–H groups in total. The fourth-order valence-electron chi connectivity index (χ4n) is 2.94. The van der Waals surface area contributed by atoms with E-state index in [-0.39, 0.29) is 40.5 Å². The number of hydrogen-bond donors (Lipinski definition) is 0. The Hall–Kier alpha value is -1.06. The SMILES string of the molecule is Cc1cc(OC(C)C)ccc1PC(=O)c1c(C)cc(C)c(C)c1C.[H-].[Li+]. The fourth-order valence-corrected chi connectivity index (χ4v) is 4.13. The van der Waals surface area contributed by atoms with Gasteiger partial charge in [-0.3, -0.25) is 4.79 Å². The minimum absolute atomic E-state index is 0. The van der Waals surface area contributed by atoms with Crippen molar-refractivity contribution in [1.82, 2.24) is 0 Å². The van der Waals surface area contributed by atoms with Crippen LogP contribution in [-0.2, 0) is 0 Å². The second-order valence-electron chi connectivity index (χ2n) is 6.73. The van der Waals surface area contributed by atoms with Crippen molar-refractivity contribution in [3.8, 4) is 5.75 Å². The van der Waals surface area contributed by atoms with E-state index in [0.29, 0.717) is 0 Å². The van der Waals surface area contributed by atoms with Crippen molar-refractivity contribution in [2.24, 2.45) is 0 Å². The number of carbonyl (C=O) groups excluding carboxylic acids is 1. The van der Waals surface area contributed by atoms with E-state index in [2.05, 4.69) is 26.8 Å². The normalized spacial score (nSPS) is 11.0. The van der Waals surface area contributed by atoms with Gasteiger partial charge in [0.15, 0.2) is 5.52 Å². The van der Waals surface area contributed by atoms with Gasteiger partial charge in [-0.1, -0.05) is 12.1 Å². The average Bonchev–Trinajstić information content (AvgIpc) is 2.47. The maximum atomic E-state index is 12.9. The van der Waals surface area contributed by atoms with Crippen LogP contribution in [0.15, 0.2) is 24.3 Å². The van der Waals surface area contributed by atoms with Gasteiger partial charge in [0.1, 0.15) is 5.75 Å². The Morgan fingerprint density at radius 1 is 0.960 bits per heavy atom. The van der Waals surface area contributed by atoms with Gasteiger partial charge < -0.3 is 6.16 Å². The summed E-state index contributed by atoms with van der Waals surface area (Å²) in [5.74, 6) is 0.863. The maximum Gasteiger partial charge on any atom is 1.00 e. The van der Waals surface area contributed by atoms with Crippen molar-refractivity contribution >= 4 is 19.4 Å². The molecule has 2 aromatic rings. The van der Waals surface area contributed by atoms with E-state index < -0.39 is 0 Å². The molecule has 130 valence electrons. The number of benzene rings is 2. The van der Waals surface area contributed by atoms with Gasteiger partial charge in [0.2, 0.25) is 0 Å². The molecule has 0 aliphatic rings. The van der Waals surface area contributed by atoms with E-state index in [9.17, 15) is 4.79 Å². The predicted molar refractivity (Wildman–Crippen MR) is 106 cm³/mol. The minimum Gasteiger partial charge on any atom is -1.00 e. The standard InChI is InChI=1S/C21H27O2P.Li.H/c1-12(2)23-18-8-9-19(14(4)11-18)24-21(22)20-15(5)10-13(3)16(6)17(20)7;;/h8-12,24H,1-7H3;;/q;+1;-1. The first-order valence-corrected chi connectivity index (χ1v) is 9.36. The molecule has 0 bridgehead atoms. The van der Waals surface area contributed by atoms with Gasteiger partial charge in [0.25, 0.3) is 0 Å². The molecule has 0 spiro atoms. The van der Waals surface area contributed by atoms with Gasteiger partial charge in [-0.2, -0.15) is 0 Å². The van der Waals surface area contributed by atoms with E-state index in [0.717, 1.165) is 33.3 Å². The predicted octanol–water partition coefficient (Wildman–Crippen LogP) is 2.28. The zero-order chi connectivity index (χ0) is 18.0. The topological polar surface area (TPSA) is 26.3 Å². The van der Waals surface area contributed by atoms with Crippen molar-refractivity contribution in [2.45, 2.75) is 54.6 Å². The van der Waals surface area contributed by atoms with Crippen molar-refractivity contribution in [3.05, 3.63) is 57.6 Å². The quantitative estimate of drug-likeness (QED) is 0.611. The van der Waals surface area contributed by atoms with Crippen molar-refractivity contribution < 1.29 is 29.8 Å². The summed E-state index contributed by atoms with van der Waals surface area (Å²) >= 11 is 0. The molecule has 0 amide bonds. The van der Waals surface area contributed by atoms with Crippen LogP contribution < -0.4 is 28.9 Å². The van der Waals surface area contributed by atoms with Gasteiger partial charge in [0.05, 0.1) is 6.10 Å². The smallest absolute Gasteiger partial charge is 1.00 e. The van der Waals surface area contributed by atoms with Crippen LogP contribution in [0.5, 0.6) is 5.75 Å². The summed E-state index contributed by atoms with van der Waals surface area (Å²) in [7, 11) is 0.138. The van der Waals surface area contributed by atoms with E-state index in [4.69, 9.17) is 4.74 Å². The zero-order valence-corrected chi connectivity index (χ0v) is 17.7. The number of carbonyl (C=O) groups is 1. The molecule has 0 heterocycles. The molecule has 2 nitrogen and oxygen atoms in total. The molecule has 0 radical (unpaired) electrons. The number of aryl methyl sites for hydroxylation is 3. The third-order valence-corrected chi connectivity index (χ3v) is 5.71. The summed E-state index contributed by atoms with van der Waals surface area (Å²) in [6.45, 7) is 14.3. The molecule has 2 aromatic carbocycles. The first-order chi connectivity index (χ1) is 11.2. The van der Waals surface area contributed by atoms with Crippen LogP contribution in [0.25, 0.3) is 0 Å². The Kier molecular flexibility index (Phi) is 7.95. The van der Waals surface area contributed by atoms with Crippen LogP contribution in [0, 0.1) is 34.6 Å². The maximum absolute atomic E-state index is 12.9. The van der Waals surface area contributed by atoms with Gasteiger partial charge in [0, 0.05) is 5.56 Å². The molecule has 1 unspecified atom stereocenters. The number of rotatable bonds is 5. The van der Waals surface area contributed by atoms with Crippen LogP contribution >= 0.6 is 8.58 Å². The average molecular weight is 350 g/mol. The van der Waals surface area contributed by atoms with E-state index in [1.807, 2.05) is 45.9 Å². The van der Waals surface area contributed by atoms with E-state index >= 15 is 0 Å². The Bertz CT molecular complexity index is 788. The van der Waals surface area contributed by atoms with Crippen molar-refractivity contribution in [3.63, 3.8) is 0 Å². The molecule has 0 aliphatic heterocycles. The Morgan fingerprint density at radius 2 is 1.60 bits per heavy atom. The number of hydrogen-bond acceptors (Lipinski definition) is 2. The molecule has 25 heavy (non-hydrogen) atoms. The van der Waals surface area contributed by atoms with Crippen LogP contribution in [0.2, 0.25) is 0 Å². The largest absolute Gasteiger partial charge is 1.00 e. The van der Waals surface area contributed by atoms with Crippen LogP contribution in [-0.4, -0.2) is 11.6 Å². The Balaban J connectivity index is 0.00000312. The second kappa shape index (κ2) is 9.04. The molecule has 0 fully saturated rings. The number of ether oxygens (including phenoxy) is 1. The summed E-state index contributed by atoms with van der Waals surface area (Å²) in [6.07, 6.45) is 0.153. The second-order valence-corrected chi connectivity index (χ2v) is 7.98. The van der Waals surface area contributed by atoms with Gasteiger partial charge in [-0.15, -0.1) is 0 Å². The van der Waals surface area contributed by atoms with E-state index in [1.165, 1.54) is 11.1 Å². The van der Waals surface area contributed by atoms with Gasteiger partial charge in [-0.25, -0.2) is 0 Å². The molecular weight excluding hydrogens is 322 g/mol. The third-order valence-electron chi connectivity index (χ3n) is 4.40. The third kappa shape index (κ3) is 5.21. The molecule has 0 aliphatic carbocycles. The summed E-state index contributed by atoms with van der Waals surface area (Å²) in [5, 5.41) is 1.09. The first kappa shape index (κ1) is 22.0. The Labute approximate surface area is 167 Å². The van der Waals surface area contributed by atoms with Gasteiger partial charge in [-0.05, 0) is 102 Å². The first-order valence-electron chi connectivity index (χ1n) is 8.36. The minimum atomic E-state index is 0. The van der Waals surface area contributed by atoms with Crippen LogP contribution in [0.1, 0.15) is 53.4 Å². The molecule has 1 atom stereocenters. The van der Waals surface area contributed by atoms with Crippen LogP contribution in [0.3, 0.4) is 0 Å². The monoisotopic (exact) mass is 350 g/mol. The molecule has 2 rings (SSSR count).